The van der Waals surface area contributed by atoms with E-state index >= 15 is 0 Å². The van der Waals surface area contributed by atoms with Crippen LogP contribution in [0.4, 0.5) is 0 Å². The van der Waals surface area contributed by atoms with Gasteiger partial charge in [0.15, 0.2) is 0 Å². The maximum Gasteiger partial charge on any atom is 0.148 e. The highest BCUT2D eigenvalue weighted by Crippen LogP contribution is 2.33. The quantitative estimate of drug-likeness (QED) is 0.803. The molecule has 0 saturated heterocycles. The second kappa shape index (κ2) is 5.10. The third-order valence-corrected chi connectivity index (χ3v) is 3.64. The Kier molecular flexibility index (Phi) is 3.15. The fourth-order valence-electron chi connectivity index (χ4n) is 1.69. The molecule has 0 aromatic heterocycles. The third-order valence-electron chi connectivity index (χ3n) is 2.58. The molecule has 0 amide bonds. The summed E-state index contributed by atoms with van der Waals surface area (Å²) in [5, 5.41) is 4.96. The first-order valence-electron chi connectivity index (χ1n) is 5.66. The zero-order chi connectivity index (χ0) is 12.2. The Morgan fingerprint density at radius 3 is 2.06 bits per heavy atom. The number of nitrogens with zero attached hydrogens (tertiary/aromatic N) is 1. The van der Waals surface area contributed by atoms with Crippen LogP contribution in [-0.4, -0.2) is 5.04 Å². The van der Waals surface area contributed by atoms with Gasteiger partial charge in [-0.25, -0.2) is 0 Å². The summed E-state index contributed by atoms with van der Waals surface area (Å²) in [6.07, 6.45) is 1.69. The van der Waals surface area contributed by atoms with E-state index in [0.29, 0.717) is 0 Å². The molecule has 88 valence electrons. The second-order valence-corrected chi connectivity index (χ2v) is 4.85. The minimum absolute atomic E-state index is 0.886. The van der Waals surface area contributed by atoms with E-state index in [1.54, 1.807) is 18.0 Å². The minimum Gasteiger partial charge on any atom is -0.362 e. The fraction of sp³-hybridized carbons (Fsp3) is 0. The summed E-state index contributed by atoms with van der Waals surface area (Å²) in [7, 11) is 0. The van der Waals surface area contributed by atoms with Crippen LogP contribution in [0.1, 0.15) is 11.1 Å². The molecule has 0 unspecified atom stereocenters. The topological polar surface area (TPSA) is 21.6 Å². The Morgan fingerprint density at radius 1 is 0.778 bits per heavy atom. The van der Waals surface area contributed by atoms with Crippen LogP contribution in [-0.2, 0) is 4.84 Å². The van der Waals surface area contributed by atoms with Gasteiger partial charge in [0, 0.05) is 5.56 Å². The van der Waals surface area contributed by atoms with Gasteiger partial charge in [0.25, 0.3) is 0 Å². The molecule has 0 radical (unpaired) electrons. The first kappa shape index (κ1) is 11.1. The van der Waals surface area contributed by atoms with Crippen LogP contribution in [0.25, 0.3) is 4.91 Å². The highest BCUT2D eigenvalue weighted by atomic mass is 32.2. The van der Waals surface area contributed by atoms with E-state index in [9.17, 15) is 0 Å². The fourth-order valence-corrected chi connectivity index (χ4v) is 2.58. The van der Waals surface area contributed by atoms with E-state index in [1.165, 1.54) is 0 Å². The standard InChI is InChI=1S/C15H11NOS/c1-3-7-12(8-4-1)14-11-17-16-15(18-14)13-9-5-2-6-10-13/h1-11H. The SMILES string of the molecule is C1=C(c2ccccc2)SC(c2ccccc2)=NO1. The highest BCUT2D eigenvalue weighted by molar-refractivity contribution is 8.22. The Bertz CT molecular complexity index is 537. The van der Waals surface area contributed by atoms with Crippen LogP contribution in [0.2, 0.25) is 0 Å². The predicted molar refractivity (Wildman–Crippen MR) is 76.1 cm³/mol. The average Bonchev–Trinajstić information content (AvgIpc) is 2.49. The van der Waals surface area contributed by atoms with E-state index in [-0.39, 0.29) is 0 Å². The zero-order valence-corrected chi connectivity index (χ0v) is 10.4. The van der Waals surface area contributed by atoms with Gasteiger partial charge >= 0.3 is 0 Å². The molecule has 3 heteroatoms. The molecule has 0 saturated carbocycles. The molecule has 3 rings (SSSR count). The van der Waals surface area contributed by atoms with Crippen molar-refractivity contribution >= 4 is 21.7 Å². The van der Waals surface area contributed by atoms with Gasteiger partial charge < -0.3 is 4.84 Å². The number of oxime groups is 1. The smallest absolute Gasteiger partial charge is 0.148 e. The van der Waals surface area contributed by atoms with Crippen molar-refractivity contribution in [1.29, 1.82) is 0 Å². The van der Waals surface area contributed by atoms with Crippen molar-refractivity contribution < 1.29 is 4.84 Å². The van der Waals surface area contributed by atoms with Crippen LogP contribution >= 0.6 is 11.8 Å². The Morgan fingerprint density at radius 2 is 1.39 bits per heavy atom. The van der Waals surface area contributed by atoms with Gasteiger partial charge in [-0.2, -0.15) is 0 Å². The van der Waals surface area contributed by atoms with E-state index in [4.69, 9.17) is 4.84 Å². The van der Waals surface area contributed by atoms with Crippen LogP contribution in [0, 0.1) is 0 Å². The van der Waals surface area contributed by atoms with Gasteiger partial charge in [0.05, 0.1) is 4.91 Å². The number of hydrogen-bond acceptors (Lipinski definition) is 3. The first-order chi connectivity index (χ1) is 8.93. The normalized spacial score (nSPS) is 14.4. The summed E-state index contributed by atoms with van der Waals surface area (Å²) in [5.41, 5.74) is 2.22. The summed E-state index contributed by atoms with van der Waals surface area (Å²) in [4.78, 5) is 6.28. The van der Waals surface area contributed by atoms with E-state index in [1.807, 2.05) is 48.5 Å². The van der Waals surface area contributed by atoms with E-state index < -0.39 is 0 Å². The minimum atomic E-state index is 0.886. The molecule has 2 nitrogen and oxygen atoms in total. The maximum atomic E-state index is 5.21. The van der Waals surface area contributed by atoms with Crippen molar-refractivity contribution in [3.05, 3.63) is 78.1 Å². The molecule has 0 aliphatic carbocycles. The molecule has 2 aromatic rings. The Hall–Kier alpha value is -2.00. The molecule has 0 atom stereocenters. The van der Waals surface area contributed by atoms with Crippen molar-refractivity contribution in [2.45, 2.75) is 0 Å². The summed E-state index contributed by atoms with van der Waals surface area (Å²) in [5.74, 6) is 0. The lowest BCUT2D eigenvalue weighted by atomic mass is 10.2. The summed E-state index contributed by atoms with van der Waals surface area (Å²) >= 11 is 1.62. The van der Waals surface area contributed by atoms with Crippen molar-refractivity contribution in [2.75, 3.05) is 0 Å². The second-order valence-electron chi connectivity index (χ2n) is 3.82. The largest absolute Gasteiger partial charge is 0.362 e. The van der Waals surface area contributed by atoms with Gasteiger partial charge in [-0.1, -0.05) is 77.6 Å². The molecule has 18 heavy (non-hydrogen) atoms. The number of thioether (sulfide) groups is 1. The van der Waals surface area contributed by atoms with E-state index in [2.05, 4.69) is 17.3 Å². The lowest BCUT2D eigenvalue weighted by molar-refractivity contribution is 0.271. The Labute approximate surface area is 110 Å². The summed E-state index contributed by atoms with van der Waals surface area (Å²) < 4.78 is 0. The van der Waals surface area contributed by atoms with Crippen molar-refractivity contribution in [3.8, 4) is 0 Å². The van der Waals surface area contributed by atoms with Crippen molar-refractivity contribution in [1.82, 2.24) is 0 Å². The predicted octanol–water partition coefficient (Wildman–Crippen LogP) is 4.11. The van der Waals surface area contributed by atoms with Crippen LogP contribution < -0.4 is 0 Å². The molecule has 0 N–H and O–H groups in total. The molecule has 0 fully saturated rings. The van der Waals surface area contributed by atoms with Gasteiger partial charge in [-0.3, -0.25) is 0 Å². The zero-order valence-electron chi connectivity index (χ0n) is 9.61. The maximum absolute atomic E-state index is 5.21. The lowest BCUT2D eigenvalue weighted by Crippen LogP contribution is -2.00. The van der Waals surface area contributed by atoms with E-state index in [0.717, 1.165) is 21.1 Å². The summed E-state index contributed by atoms with van der Waals surface area (Å²) in [6.45, 7) is 0. The molecular weight excluding hydrogens is 242 g/mol. The number of benzene rings is 2. The third kappa shape index (κ3) is 2.31. The number of rotatable bonds is 2. The van der Waals surface area contributed by atoms with Gasteiger partial charge in [0.2, 0.25) is 0 Å². The molecule has 2 aromatic carbocycles. The lowest BCUT2D eigenvalue weighted by Gasteiger charge is -2.13. The van der Waals surface area contributed by atoms with Crippen molar-refractivity contribution in [3.63, 3.8) is 0 Å². The monoisotopic (exact) mass is 253 g/mol. The van der Waals surface area contributed by atoms with Gasteiger partial charge in [-0.05, 0) is 5.56 Å². The molecule has 0 spiro atoms. The molecule has 1 aliphatic heterocycles. The van der Waals surface area contributed by atoms with Crippen LogP contribution in [0.15, 0.2) is 72.1 Å². The highest BCUT2D eigenvalue weighted by Gasteiger charge is 2.14. The van der Waals surface area contributed by atoms with Gasteiger partial charge in [-0.15, -0.1) is 0 Å². The first-order valence-corrected chi connectivity index (χ1v) is 6.48. The molecular formula is C15H11NOS. The summed E-state index contributed by atoms with van der Waals surface area (Å²) in [6, 6.07) is 20.2. The average molecular weight is 253 g/mol. The molecule has 1 heterocycles. The van der Waals surface area contributed by atoms with Crippen LogP contribution in [0.5, 0.6) is 0 Å². The molecule has 1 aliphatic rings. The van der Waals surface area contributed by atoms with Crippen molar-refractivity contribution in [2.24, 2.45) is 5.16 Å². The number of hydrogen-bond donors (Lipinski definition) is 0. The van der Waals surface area contributed by atoms with Gasteiger partial charge in [0.1, 0.15) is 11.3 Å². The Balaban J connectivity index is 1.85. The van der Waals surface area contributed by atoms with Crippen LogP contribution in [0.3, 0.4) is 0 Å². The molecule has 0 bridgehead atoms.